The number of halogens is 1. The molecule has 0 bridgehead atoms. The van der Waals surface area contributed by atoms with Gasteiger partial charge in [-0.15, -0.1) is 11.6 Å². The first-order valence-corrected chi connectivity index (χ1v) is 5.79. The average molecular weight is 252 g/mol. The van der Waals surface area contributed by atoms with E-state index in [1.54, 1.807) is 0 Å². The smallest absolute Gasteiger partial charge is 0.333 e. The van der Waals surface area contributed by atoms with Crippen LogP contribution in [-0.2, 0) is 15.8 Å². The molecule has 0 fully saturated rings. The molecular formula is C7H10ClN3O3S. The lowest BCUT2D eigenvalue weighted by atomic mass is 10.3. The zero-order chi connectivity index (χ0) is 11.4. The van der Waals surface area contributed by atoms with Crippen molar-refractivity contribution in [2.45, 2.75) is 6.42 Å². The predicted molar refractivity (Wildman–Crippen MR) is 56.0 cm³/mol. The summed E-state index contributed by atoms with van der Waals surface area (Å²) >= 11 is 5.44. The zero-order valence-corrected chi connectivity index (χ0v) is 9.31. The summed E-state index contributed by atoms with van der Waals surface area (Å²) in [4.78, 5) is 21.9. The molecule has 0 radical (unpaired) electrons. The second-order valence-corrected chi connectivity index (χ2v) is 4.39. The van der Waals surface area contributed by atoms with Gasteiger partial charge in [0.15, 0.2) is 11.0 Å². The highest BCUT2D eigenvalue weighted by Crippen LogP contribution is 2.10. The number of nitrogens with one attached hydrogen (secondary N) is 1. The third-order valence-corrected chi connectivity index (χ3v) is 3.04. The number of urea groups is 1. The van der Waals surface area contributed by atoms with Gasteiger partial charge in [-0.2, -0.15) is 0 Å². The van der Waals surface area contributed by atoms with Gasteiger partial charge in [0.1, 0.15) is 0 Å². The molecule has 0 saturated heterocycles. The van der Waals surface area contributed by atoms with Gasteiger partial charge in [0.25, 0.3) is 0 Å². The monoisotopic (exact) mass is 251 g/mol. The standard InChI is InChI=1S/C7H10ClN3O3S/c8-1-2-11-7(13)10-5(3-6(9)12)4-15(11)14/h4H,1-3H2,(H2,9,12)(H,10,13). The highest BCUT2D eigenvalue weighted by molar-refractivity contribution is 7.86. The minimum Gasteiger partial charge on any atom is -0.369 e. The molecule has 3 N–H and O–H groups in total. The van der Waals surface area contributed by atoms with E-state index in [1.807, 2.05) is 0 Å². The highest BCUT2D eigenvalue weighted by atomic mass is 35.5. The normalized spacial score (nSPS) is 20.9. The summed E-state index contributed by atoms with van der Waals surface area (Å²) in [5.74, 6) is -0.401. The molecule has 3 amide bonds. The quantitative estimate of drug-likeness (QED) is 0.668. The van der Waals surface area contributed by atoms with Gasteiger partial charge in [-0.3, -0.25) is 4.79 Å². The van der Waals surface area contributed by atoms with Gasteiger partial charge in [0.05, 0.1) is 13.0 Å². The molecule has 6 nitrogen and oxygen atoms in total. The predicted octanol–water partition coefficient (Wildman–Crippen LogP) is -0.369. The molecule has 0 aromatic heterocycles. The van der Waals surface area contributed by atoms with Gasteiger partial charge in [0.2, 0.25) is 5.91 Å². The van der Waals surface area contributed by atoms with Gasteiger partial charge in [-0.25, -0.2) is 13.3 Å². The van der Waals surface area contributed by atoms with Crippen LogP contribution in [-0.4, -0.2) is 32.9 Å². The third-order valence-electron chi connectivity index (χ3n) is 1.61. The second-order valence-electron chi connectivity index (χ2n) is 2.78. The Balaban J connectivity index is 2.75. The largest absolute Gasteiger partial charge is 0.369 e. The van der Waals surface area contributed by atoms with E-state index in [2.05, 4.69) is 5.32 Å². The number of hydrogen-bond donors (Lipinski definition) is 2. The van der Waals surface area contributed by atoms with Crippen molar-refractivity contribution in [3.05, 3.63) is 11.1 Å². The molecule has 0 spiro atoms. The molecule has 1 heterocycles. The molecule has 0 aromatic rings. The van der Waals surface area contributed by atoms with E-state index in [9.17, 15) is 13.8 Å². The van der Waals surface area contributed by atoms with E-state index in [4.69, 9.17) is 17.3 Å². The van der Waals surface area contributed by atoms with Crippen molar-refractivity contribution in [3.63, 3.8) is 0 Å². The fourth-order valence-electron chi connectivity index (χ4n) is 1.04. The first kappa shape index (κ1) is 12.0. The number of carbonyl (C=O) groups is 2. The van der Waals surface area contributed by atoms with Gasteiger partial charge < -0.3 is 11.1 Å². The van der Waals surface area contributed by atoms with E-state index in [1.165, 1.54) is 5.41 Å². The Labute approximate surface area is 94.0 Å². The fraction of sp³-hybridized carbons (Fsp3) is 0.429. The molecule has 0 saturated carbocycles. The van der Waals surface area contributed by atoms with Crippen LogP contribution in [0.5, 0.6) is 0 Å². The van der Waals surface area contributed by atoms with Gasteiger partial charge in [0, 0.05) is 17.0 Å². The molecule has 1 unspecified atom stereocenters. The van der Waals surface area contributed by atoms with E-state index >= 15 is 0 Å². The molecular weight excluding hydrogens is 242 g/mol. The van der Waals surface area contributed by atoms with Crippen molar-refractivity contribution in [3.8, 4) is 0 Å². The van der Waals surface area contributed by atoms with Crippen molar-refractivity contribution in [1.29, 1.82) is 0 Å². The Kier molecular flexibility index (Phi) is 4.10. The maximum Gasteiger partial charge on any atom is 0.333 e. The Morgan fingerprint density at radius 2 is 2.33 bits per heavy atom. The summed E-state index contributed by atoms with van der Waals surface area (Å²) in [5, 5.41) is 3.69. The van der Waals surface area contributed by atoms with Crippen LogP contribution < -0.4 is 11.1 Å². The maximum atomic E-state index is 11.5. The lowest BCUT2D eigenvalue weighted by Gasteiger charge is -2.24. The molecule has 1 atom stereocenters. The summed E-state index contributed by atoms with van der Waals surface area (Å²) in [5.41, 5.74) is 5.20. The summed E-state index contributed by atoms with van der Waals surface area (Å²) in [6.07, 6.45) is -0.133. The minimum atomic E-state index is -1.59. The van der Waals surface area contributed by atoms with Crippen LogP contribution >= 0.6 is 11.6 Å². The number of alkyl halides is 1. The van der Waals surface area contributed by atoms with Crippen LogP contribution in [0.1, 0.15) is 6.42 Å². The number of hydrogen-bond acceptors (Lipinski definition) is 3. The SMILES string of the molecule is NC(=O)CC1=CS(=O)N(CCCl)C(=O)N1. The van der Waals surface area contributed by atoms with Crippen LogP contribution in [0.3, 0.4) is 0 Å². The Bertz CT molecular complexity index is 344. The minimum absolute atomic E-state index is 0.133. The van der Waals surface area contributed by atoms with E-state index < -0.39 is 22.9 Å². The Morgan fingerprint density at radius 1 is 1.67 bits per heavy atom. The molecule has 1 aliphatic rings. The molecule has 1 rings (SSSR count). The van der Waals surface area contributed by atoms with Gasteiger partial charge in [-0.1, -0.05) is 0 Å². The topological polar surface area (TPSA) is 92.5 Å². The lowest BCUT2D eigenvalue weighted by Crippen LogP contribution is -2.45. The van der Waals surface area contributed by atoms with Crippen LogP contribution in [0, 0.1) is 0 Å². The maximum absolute atomic E-state index is 11.5. The van der Waals surface area contributed by atoms with Crippen molar-refractivity contribution in [2.75, 3.05) is 12.4 Å². The summed E-state index contributed by atoms with van der Waals surface area (Å²) in [7, 11) is -1.59. The van der Waals surface area contributed by atoms with Crippen LogP contribution in [0.25, 0.3) is 0 Å². The first-order chi connectivity index (χ1) is 7.04. The fourth-order valence-corrected chi connectivity index (χ4v) is 2.30. The number of nitrogens with two attached hydrogens (primary N) is 1. The van der Waals surface area contributed by atoms with Crippen molar-refractivity contribution in [2.24, 2.45) is 5.73 Å². The molecule has 84 valence electrons. The van der Waals surface area contributed by atoms with Crippen molar-refractivity contribution >= 4 is 34.5 Å². The number of primary amides is 1. The zero-order valence-electron chi connectivity index (χ0n) is 7.73. The van der Waals surface area contributed by atoms with Crippen LogP contribution in [0.4, 0.5) is 4.79 Å². The Hall–Kier alpha value is -1.08. The van der Waals surface area contributed by atoms with Crippen LogP contribution in [0.15, 0.2) is 11.1 Å². The number of carbonyl (C=O) groups excluding carboxylic acids is 2. The third kappa shape index (κ3) is 3.21. The Morgan fingerprint density at radius 3 is 2.80 bits per heavy atom. The molecule has 8 heteroatoms. The first-order valence-electron chi connectivity index (χ1n) is 4.08. The summed E-state index contributed by atoms with van der Waals surface area (Å²) in [6, 6.07) is -0.535. The lowest BCUT2D eigenvalue weighted by molar-refractivity contribution is -0.117. The number of rotatable bonds is 4. The van der Waals surface area contributed by atoms with Crippen LogP contribution in [0.2, 0.25) is 0 Å². The van der Waals surface area contributed by atoms with E-state index in [0.29, 0.717) is 0 Å². The van der Waals surface area contributed by atoms with E-state index in [-0.39, 0.29) is 24.5 Å². The van der Waals surface area contributed by atoms with Gasteiger partial charge >= 0.3 is 6.03 Å². The number of nitrogens with zero attached hydrogens (tertiary/aromatic N) is 1. The highest BCUT2D eigenvalue weighted by Gasteiger charge is 2.24. The van der Waals surface area contributed by atoms with Gasteiger partial charge in [-0.05, 0) is 0 Å². The van der Waals surface area contributed by atoms with Crippen molar-refractivity contribution < 1.29 is 13.8 Å². The second kappa shape index (κ2) is 5.13. The molecule has 1 aliphatic heterocycles. The van der Waals surface area contributed by atoms with E-state index in [0.717, 1.165) is 4.31 Å². The summed E-state index contributed by atoms with van der Waals surface area (Å²) in [6.45, 7) is 0.181. The molecule has 15 heavy (non-hydrogen) atoms. The summed E-state index contributed by atoms with van der Waals surface area (Å²) < 4.78 is 12.5. The average Bonchev–Trinajstić information content (AvgIpc) is 2.10. The molecule has 0 aromatic carbocycles. The van der Waals surface area contributed by atoms with Crippen molar-refractivity contribution in [1.82, 2.24) is 9.62 Å². The molecule has 0 aliphatic carbocycles. The number of amides is 3.